The van der Waals surface area contributed by atoms with Crippen LogP contribution in [0.25, 0.3) is 0 Å². The topological polar surface area (TPSA) is 28.2 Å². The minimum Gasteiger partial charge on any atom is -0.348 e. The van der Waals surface area contributed by atoms with Crippen LogP contribution in [-0.4, -0.2) is 24.6 Å². The Kier molecular flexibility index (Phi) is 4.40. The maximum atomic E-state index is 4.70. The Morgan fingerprint density at radius 3 is 2.82 bits per heavy atom. The molecule has 0 spiro atoms. The average molecular weight is 253 g/mol. The maximum absolute atomic E-state index is 4.70. The molecule has 0 aliphatic heterocycles. The SMILES string of the molecule is CCCNCc1sc(N(C)C2CCC2)nc1C. The fraction of sp³-hybridized carbons (Fsp3) is 0.769. The smallest absolute Gasteiger partial charge is 0.185 e. The van der Waals surface area contributed by atoms with Crippen LogP contribution in [0.1, 0.15) is 43.2 Å². The van der Waals surface area contributed by atoms with Gasteiger partial charge in [0.15, 0.2) is 5.13 Å². The minimum absolute atomic E-state index is 0.733. The van der Waals surface area contributed by atoms with E-state index in [-0.39, 0.29) is 0 Å². The van der Waals surface area contributed by atoms with Crippen LogP contribution in [0.4, 0.5) is 5.13 Å². The number of hydrogen-bond donors (Lipinski definition) is 1. The van der Waals surface area contributed by atoms with Gasteiger partial charge in [0.25, 0.3) is 0 Å². The van der Waals surface area contributed by atoms with Crippen molar-refractivity contribution in [2.24, 2.45) is 0 Å². The summed E-state index contributed by atoms with van der Waals surface area (Å²) in [5, 5.41) is 4.65. The van der Waals surface area contributed by atoms with Crippen molar-refractivity contribution in [3.63, 3.8) is 0 Å². The van der Waals surface area contributed by atoms with Crippen molar-refractivity contribution in [2.75, 3.05) is 18.5 Å². The van der Waals surface area contributed by atoms with E-state index in [2.05, 4.69) is 31.1 Å². The summed E-state index contributed by atoms with van der Waals surface area (Å²) in [5.74, 6) is 0. The second kappa shape index (κ2) is 5.83. The average Bonchev–Trinajstić information content (AvgIpc) is 2.58. The third-order valence-electron chi connectivity index (χ3n) is 3.52. The molecule has 0 unspecified atom stereocenters. The molecule has 0 radical (unpaired) electrons. The van der Waals surface area contributed by atoms with E-state index in [1.165, 1.54) is 41.4 Å². The highest BCUT2D eigenvalue weighted by atomic mass is 32.1. The molecule has 1 heterocycles. The van der Waals surface area contributed by atoms with E-state index < -0.39 is 0 Å². The summed E-state index contributed by atoms with van der Waals surface area (Å²) in [6.45, 7) is 6.38. The number of aromatic nitrogens is 1. The van der Waals surface area contributed by atoms with Gasteiger partial charge in [-0.2, -0.15) is 0 Å². The molecule has 2 rings (SSSR count). The van der Waals surface area contributed by atoms with Crippen molar-refractivity contribution >= 4 is 16.5 Å². The zero-order valence-corrected chi connectivity index (χ0v) is 11.9. The van der Waals surface area contributed by atoms with E-state index in [1.54, 1.807) is 0 Å². The summed E-state index contributed by atoms with van der Waals surface area (Å²) in [6.07, 6.45) is 5.23. The highest BCUT2D eigenvalue weighted by Crippen LogP contribution is 2.32. The molecule has 0 amide bonds. The Labute approximate surface area is 108 Å². The van der Waals surface area contributed by atoms with Crippen LogP contribution in [0.5, 0.6) is 0 Å². The number of hydrogen-bond acceptors (Lipinski definition) is 4. The lowest BCUT2D eigenvalue weighted by Gasteiger charge is -2.34. The van der Waals surface area contributed by atoms with Crippen LogP contribution in [0.2, 0.25) is 0 Å². The number of nitrogens with zero attached hydrogens (tertiary/aromatic N) is 2. The Morgan fingerprint density at radius 2 is 2.24 bits per heavy atom. The fourth-order valence-corrected chi connectivity index (χ4v) is 3.10. The summed E-state index contributed by atoms with van der Waals surface area (Å²) >= 11 is 1.85. The van der Waals surface area contributed by atoms with Crippen molar-refractivity contribution in [3.05, 3.63) is 10.6 Å². The van der Waals surface area contributed by atoms with Gasteiger partial charge in [0.05, 0.1) is 5.69 Å². The summed E-state index contributed by atoms with van der Waals surface area (Å²) in [7, 11) is 2.19. The largest absolute Gasteiger partial charge is 0.348 e. The Bertz CT molecular complexity index is 358. The van der Waals surface area contributed by atoms with Crippen LogP contribution in [0.3, 0.4) is 0 Å². The van der Waals surface area contributed by atoms with E-state index in [0.717, 1.165) is 19.1 Å². The predicted octanol–water partition coefficient (Wildman–Crippen LogP) is 2.94. The standard InChI is InChI=1S/C13H23N3S/c1-4-8-14-9-12-10(2)15-13(17-12)16(3)11-6-5-7-11/h11,14H,4-9H2,1-3H3. The number of aryl methyl sites for hydroxylation is 1. The van der Waals surface area contributed by atoms with Gasteiger partial charge in [0.1, 0.15) is 0 Å². The molecule has 1 aliphatic carbocycles. The van der Waals surface area contributed by atoms with Gasteiger partial charge in [-0.25, -0.2) is 4.98 Å². The monoisotopic (exact) mass is 253 g/mol. The third kappa shape index (κ3) is 2.99. The van der Waals surface area contributed by atoms with E-state index in [1.807, 2.05) is 11.3 Å². The first-order valence-corrected chi connectivity index (χ1v) is 7.44. The van der Waals surface area contributed by atoms with Crippen molar-refractivity contribution in [3.8, 4) is 0 Å². The summed E-state index contributed by atoms with van der Waals surface area (Å²) in [4.78, 5) is 8.45. The molecule has 0 saturated heterocycles. The normalized spacial score (nSPS) is 15.9. The predicted molar refractivity (Wildman–Crippen MR) is 74.9 cm³/mol. The van der Waals surface area contributed by atoms with Gasteiger partial charge in [-0.1, -0.05) is 6.92 Å². The van der Waals surface area contributed by atoms with E-state index >= 15 is 0 Å². The first kappa shape index (κ1) is 12.8. The second-order valence-corrected chi connectivity index (χ2v) is 5.94. The van der Waals surface area contributed by atoms with Crippen LogP contribution in [0.15, 0.2) is 0 Å². The lowest BCUT2D eigenvalue weighted by atomic mass is 9.92. The van der Waals surface area contributed by atoms with Gasteiger partial charge in [0.2, 0.25) is 0 Å². The highest BCUT2D eigenvalue weighted by Gasteiger charge is 2.24. The number of rotatable bonds is 6. The van der Waals surface area contributed by atoms with Crippen LogP contribution < -0.4 is 10.2 Å². The van der Waals surface area contributed by atoms with Gasteiger partial charge in [-0.3, -0.25) is 0 Å². The zero-order valence-electron chi connectivity index (χ0n) is 11.1. The molecule has 1 fully saturated rings. The number of thiazole rings is 1. The van der Waals surface area contributed by atoms with Crippen LogP contribution >= 0.6 is 11.3 Å². The minimum atomic E-state index is 0.733. The van der Waals surface area contributed by atoms with Crippen LogP contribution in [0, 0.1) is 6.92 Å². The molecule has 1 aromatic heterocycles. The van der Waals surface area contributed by atoms with Crippen molar-refractivity contribution in [2.45, 2.75) is 52.1 Å². The molecule has 1 saturated carbocycles. The Balaban J connectivity index is 1.96. The molecule has 4 heteroatoms. The molecule has 1 aromatic rings. The number of nitrogens with one attached hydrogen (secondary N) is 1. The van der Waals surface area contributed by atoms with Crippen molar-refractivity contribution in [1.82, 2.24) is 10.3 Å². The summed E-state index contributed by atoms with van der Waals surface area (Å²) in [5.41, 5.74) is 1.19. The molecular weight excluding hydrogens is 230 g/mol. The second-order valence-electron chi connectivity index (χ2n) is 4.88. The van der Waals surface area contributed by atoms with E-state index in [9.17, 15) is 0 Å². The molecule has 0 bridgehead atoms. The molecule has 1 N–H and O–H groups in total. The fourth-order valence-electron chi connectivity index (χ4n) is 2.04. The van der Waals surface area contributed by atoms with Gasteiger partial charge < -0.3 is 10.2 Å². The van der Waals surface area contributed by atoms with E-state index in [4.69, 9.17) is 4.98 Å². The maximum Gasteiger partial charge on any atom is 0.185 e. The molecular formula is C13H23N3S. The van der Waals surface area contributed by atoms with Gasteiger partial charge in [-0.05, 0) is 39.2 Å². The molecule has 3 nitrogen and oxygen atoms in total. The molecule has 96 valence electrons. The number of anilines is 1. The quantitative estimate of drug-likeness (QED) is 0.790. The van der Waals surface area contributed by atoms with Crippen molar-refractivity contribution < 1.29 is 0 Å². The Hall–Kier alpha value is -0.610. The van der Waals surface area contributed by atoms with Crippen molar-refractivity contribution in [1.29, 1.82) is 0 Å². The first-order chi connectivity index (χ1) is 8.22. The van der Waals surface area contributed by atoms with Gasteiger partial charge in [-0.15, -0.1) is 11.3 Å². The molecule has 1 aliphatic rings. The molecule has 0 aromatic carbocycles. The van der Waals surface area contributed by atoms with Gasteiger partial charge in [0, 0.05) is 24.5 Å². The molecule has 0 atom stereocenters. The lowest BCUT2D eigenvalue weighted by Crippen LogP contribution is -2.36. The van der Waals surface area contributed by atoms with Crippen LogP contribution in [-0.2, 0) is 6.54 Å². The Morgan fingerprint density at radius 1 is 1.47 bits per heavy atom. The molecule has 17 heavy (non-hydrogen) atoms. The summed E-state index contributed by atoms with van der Waals surface area (Å²) in [6, 6.07) is 0.733. The third-order valence-corrected chi connectivity index (χ3v) is 4.77. The van der Waals surface area contributed by atoms with Gasteiger partial charge >= 0.3 is 0 Å². The highest BCUT2D eigenvalue weighted by molar-refractivity contribution is 7.15. The first-order valence-electron chi connectivity index (χ1n) is 6.62. The lowest BCUT2D eigenvalue weighted by molar-refractivity contribution is 0.401. The summed E-state index contributed by atoms with van der Waals surface area (Å²) < 4.78 is 0. The zero-order chi connectivity index (χ0) is 12.3. The van der Waals surface area contributed by atoms with E-state index in [0.29, 0.717) is 0 Å².